The largest absolute Gasteiger partial charge is 0.296 e. The Morgan fingerprint density at radius 3 is 2.61 bits per heavy atom. The van der Waals surface area contributed by atoms with Crippen LogP contribution in [0.15, 0.2) is 47.3 Å². The monoisotopic (exact) mass is 301 g/mol. The van der Waals surface area contributed by atoms with Gasteiger partial charge in [-0.3, -0.25) is 14.2 Å². The van der Waals surface area contributed by atoms with E-state index in [4.69, 9.17) is 0 Å². The van der Waals surface area contributed by atoms with Crippen LogP contribution in [0, 0.1) is 0 Å². The first-order valence-corrected chi connectivity index (χ1v) is 6.11. The summed E-state index contributed by atoms with van der Waals surface area (Å²) in [4.78, 5) is 19.3. The lowest BCUT2D eigenvalue weighted by molar-refractivity contribution is 0.111. The summed E-state index contributed by atoms with van der Waals surface area (Å²) in [6, 6.07) is 7.84. The van der Waals surface area contributed by atoms with Gasteiger partial charge in [-0.15, -0.1) is 0 Å². The van der Waals surface area contributed by atoms with Gasteiger partial charge in [-0.2, -0.15) is 0 Å². The molecule has 0 aliphatic heterocycles. The molecule has 0 N–H and O–H groups in total. The smallest absolute Gasteiger partial charge is 0.168 e. The number of hydrogen-bond donors (Lipinski definition) is 0. The lowest BCUT2D eigenvalue weighted by Crippen LogP contribution is -1.94. The molecule has 4 nitrogen and oxygen atoms in total. The lowest BCUT2D eigenvalue weighted by atomic mass is 10.2. The Balaban J connectivity index is 2.17. The fourth-order valence-electron chi connectivity index (χ4n) is 1.76. The van der Waals surface area contributed by atoms with E-state index >= 15 is 0 Å². The van der Waals surface area contributed by atoms with Gasteiger partial charge >= 0.3 is 0 Å². The van der Waals surface area contributed by atoms with Crippen molar-refractivity contribution in [2.24, 2.45) is 0 Å². The zero-order valence-corrected chi connectivity index (χ0v) is 10.8. The molecule has 1 aromatic carbocycles. The second-order valence-electron chi connectivity index (χ2n) is 3.81. The summed E-state index contributed by atoms with van der Waals surface area (Å²) in [5.74, 6) is 0. The summed E-state index contributed by atoms with van der Waals surface area (Å²) in [6.45, 7) is 0. The van der Waals surface area contributed by atoms with Crippen LogP contribution in [-0.4, -0.2) is 20.7 Å². The quantitative estimate of drug-likeness (QED) is 0.684. The molecule has 3 rings (SSSR count). The van der Waals surface area contributed by atoms with Crippen molar-refractivity contribution in [3.05, 3.63) is 53.0 Å². The molecule has 0 saturated heterocycles. The fraction of sp³-hybridized carbons (Fsp3) is 0. The Kier molecular flexibility index (Phi) is 2.68. The third kappa shape index (κ3) is 1.82. The maximum Gasteiger partial charge on any atom is 0.168 e. The van der Waals surface area contributed by atoms with Crippen molar-refractivity contribution >= 4 is 27.9 Å². The number of aldehydes is 1. The van der Waals surface area contributed by atoms with Crippen LogP contribution in [0.5, 0.6) is 0 Å². The van der Waals surface area contributed by atoms with Gasteiger partial charge in [0.05, 0.1) is 18.1 Å². The molecular weight excluding hydrogens is 294 g/mol. The fourth-order valence-corrected chi connectivity index (χ4v) is 2.03. The third-order valence-electron chi connectivity index (χ3n) is 2.69. The Bertz CT molecular complexity index is 719. The minimum atomic E-state index is 0.519. The van der Waals surface area contributed by atoms with Crippen molar-refractivity contribution in [2.75, 3.05) is 0 Å². The predicted molar refractivity (Wildman–Crippen MR) is 71.5 cm³/mol. The topological polar surface area (TPSA) is 47.3 Å². The molecule has 0 saturated carbocycles. The zero-order chi connectivity index (χ0) is 12.5. The van der Waals surface area contributed by atoms with Crippen LogP contribution in [0.25, 0.3) is 16.9 Å². The average molecular weight is 302 g/mol. The molecular formula is C13H8BrN3O. The van der Waals surface area contributed by atoms with Crippen molar-refractivity contribution in [2.45, 2.75) is 0 Å². The van der Waals surface area contributed by atoms with Crippen LogP contribution in [0.4, 0.5) is 0 Å². The van der Waals surface area contributed by atoms with Crippen LogP contribution < -0.4 is 0 Å². The molecule has 0 bridgehead atoms. The van der Waals surface area contributed by atoms with E-state index in [-0.39, 0.29) is 0 Å². The number of carbonyl (C=O) groups is 1. The maximum atomic E-state index is 10.9. The highest BCUT2D eigenvalue weighted by Gasteiger charge is 2.05. The Morgan fingerprint density at radius 2 is 1.89 bits per heavy atom. The van der Waals surface area contributed by atoms with Crippen molar-refractivity contribution < 1.29 is 4.79 Å². The SMILES string of the molecule is O=Cc1cnc2cnc(-c3ccc(Br)cc3)cn12. The maximum absolute atomic E-state index is 10.9. The highest BCUT2D eigenvalue weighted by molar-refractivity contribution is 9.10. The van der Waals surface area contributed by atoms with Gasteiger partial charge in [0.1, 0.15) is 5.69 Å². The first kappa shape index (κ1) is 11.1. The number of benzene rings is 1. The Morgan fingerprint density at radius 1 is 1.11 bits per heavy atom. The summed E-state index contributed by atoms with van der Waals surface area (Å²) in [7, 11) is 0. The third-order valence-corrected chi connectivity index (χ3v) is 3.21. The van der Waals surface area contributed by atoms with Crippen LogP contribution in [-0.2, 0) is 0 Å². The highest BCUT2D eigenvalue weighted by atomic mass is 79.9. The molecule has 18 heavy (non-hydrogen) atoms. The van der Waals surface area contributed by atoms with Crippen molar-refractivity contribution in [1.82, 2.24) is 14.4 Å². The molecule has 0 spiro atoms. The number of halogens is 1. The molecule has 0 unspecified atom stereocenters. The lowest BCUT2D eigenvalue weighted by Gasteiger charge is -2.02. The molecule has 0 radical (unpaired) electrons. The summed E-state index contributed by atoms with van der Waals surface area (Å²) in [5.41, 5.74) is 2.98. The predicted octanol–water partition coefficient (Wildman–Crippen LogP) is 2.97. The van der Waals surface area contributed by atoms with Gasteiger partial charge in [0.2, 0.25) is 0 Å². The van der Waals surface area contributed by atoms with E-state index in [0.717, 1.165) is 22.0 Å². The van der Waals surface area contributed by atoms with E-state index in [1.165, 1.54) is 6.20 Å². The molecule has 3 aromatic rings. The van der Waals surface area contributed by atoms with Crippen molar-refractivity contribution in [3.8, 4) is 11.3 Å². The first-order chi connectivity index (χ1) is 8.78. The molecule has 2 heterocycles. The van der Waals surface area contributed by atoms with Crippen LogP contribution in [0.1, 0.15) is 10.5 Å². The summed E-state index contributed by atoms with van der Waals surface area (Å²) in [5, 5.41) is 0. The van der Waals surface area contributed by atoms with Gasteiger partial charge in [0, 0.05) is 16.2 Å². The minimum absolute atomic E-state index is 0.519. The van der Waals surface area contributed by atoms with Crippen molar-refractivity contribution in [1.29, 1.82) is 0 Å². The first-order valence-electron chi connectivity index (χ1n) is 5.32. The number of hydrogen-bond acceptors (Lipinski definition) is 3. The van der Waals surface area contributed by atoms with Gasteiger partial charge in [-0.05, 0) is 12.1 Å². The second-order valence-corrected chi connectivity index (χ2v) is 4.72. The summed E-state index contributed by atoms with van der Waals surface area (Å²) >= 11 is 3.39. The van der Waals surface area contributed by atoms with Gasteiger partial charge in [-0.25, -0.2) is 4.98 Å². The van der Waals surface area contributed by atoms with Crippen molar-refractivity contribution in [3.63, 3.8) is 0 Å². The average Bonchev–Trinajstić information content (AvgIpc) is 2.81. The molecule has 5 heteroatoms. The van der Waals surface area contributed by atoms with Crippen LogP contribution >= 0.6 is 15.9 Å². The van der Waals surface area contributed by atoms with Crippen LogP contribution in [0.2, 0.25) is 0 Å². The van der Waals surface area contributed by atoms with Gasteiger partial charge < -0.3 is 0 Å². The standard InChI is InChI=1S/C13H8BrN3O/c14-10-3-1-9(2-4-10)12-7-17-11(8-18)5-16-13(17)6-15-12/h1-8H. The number of imidazole rings is 1. The van der Waals surface area contributed by atoms with Gasteiger partial charge in [0.25, 0.3) is 0 Å². The molecule has 0 amide bonds. The molecule has 0 aliphatic rings. The van der Waals surface area contributed by atoms with E-state index in [1.54, 1.807) is 10.6 Å². The van der Waals surface area contributed by atoms with E-state index in [0.29, 0.717) is 11.3 Å². The Labute approximate surface area is 111 Å². The molecule has 2 aromatic heterocycles. The number of carbonyl (C=O) groups excluding carboxylic acids is 1. The minimum Gasteiger partial charge on any atom is -0.296 e. The van der Waals surface area contributed by atoms with E-state index in [2.05, 4.69) is 25.9 Å². The Hall–Kier alpha value is -2.01. The number of fused-ring (bicyclic) bond motifs is 1. The van der Waals surface area contributed by atoms with Crippen LogP contribution in [0.3, 0.4) is 0 Å². The second kappa shape index (κ2) is 4.34. The van der Waals surface area contributed by atoms with Gasteiger partial charge in [0.15, 0.2) is 11.9 Å². The number of rotatable bonds is 2. The zero-order valence-electron chi connectivity index (χ0n) is 9.25. The number of nitrogens with zero attached hydrogens (tertiary/aromatic N) is 3. The molecule has 0 fully saturated rings. The number of aromatic nitrogens is 3. The molecule has 88 valence electrons. The van der Waals surface area contributed by atoms with E-state index in [1.807, 2.05) is 30.5 Å². The highest BCUT2D eigenvalue weighted by Crippen LogP contribution is 2.20. The van der Waals surface area contributed by atoms with Gasteiger partial charge in [-0.1, -0.05) is 28.1 Å². The van der Waals surface area contributed by atoms with E-state index < -0.39 is 0 Å². The molecule has 0 atom stereocenters. The summed E-state index contributed by atoms with van der Waals surface area (Å²) in [6.07, 6.45) is 5.79. The van der Waals surface area contributed by atoms with E-state index in [9.17, 15) is 4.79 Å². The summed E-state index contributed by atoms with van der Waals surface area (Å²) < 4.78 is 2.75. The molecule has 0 aliphatic carbocycles. The normalized spacial score (nSPS) is 10.7.